The number of nitrogens with zero attached hydrogens (tertiary/aromatic N) is 4. The van der Waals surface area contributed by atoms with Gasteiger partial charge in [-0.1, -0.05) is 0 Å². The minimum atomic E-state index is -0.424. The summed E-state index contributed by atoms with van der Waals surface area (Å²) in [5.74, 6) is 0.602. The van der Waals surface area contributed by atoms with Crippen LogP contribution in [0.15, 0.2) is 35.5 Å². The third-order valence-corrected chi connectivity index (χ3v) is 3.93. The highest BCUT2D eigenvalue weighted by molar-refractivity contribution is 5.92. The minimum Gasteiger partial charge on any atom is -0.497 e. The van der Waals surface area contributed by atoms with Gasteiger partial charge in [-0.25, -0.2) is 9.67 Å². The molecular formula is C17H19N5O5. The van der Waals surface area contributed by atoms with Gasteiger partial charge in [-0.2, -0.15) is 5.10 Å². The Morgan fingerprint density at radius 3 is 2.81 bits per heavy atom. The number of hydrogen-bond acceptors (Lipinski definition) is 7. The lowest BCUT2D eigenvalue weighted by Gasteiger charge is -2.12. The number of carbonyl (C=O) groups is 1. The number of ether oxygens (including phenoxy) is 2. The van der Waals surface area contributed by atoms with E-state index < -0.39 is 11.5 Å². The molecule has 0 bridgehead atoms. The molecule has 1 amide bonds. The Hall–Kier alpha value is -3.40. The van der Waals surface area contributed by atoms with E-state index in [1.54, 1.807) is 18.2 Å². The summed E-state index contributed by atoms with van der Waals surface area (Å²) in [4.78, 5) is 29.1. The van der Waals surface area contributed by atoms with Gasteiger partial charge >= 0.3 is 0 Å². The Bertz CT molecular complexity index is 1030. The Morgan fingerprint density at radius 2 is 2.11 bits per heavy atom. The first kappa shape index (κ1) is 18.4. The number of aliphatic hydroxyl groups excluding tert-OH is 1. The molecule has 10 nitrogen and oxygen atoms in total. The van der Waals surface area contributed by atoms with Crippen LogP contribution >= 0.6 is 0 Å². The van der Waals surface area contributed by atoms with Gasteiger partial charge in [0.25, 0.3) is 5.56 Å². The fourth-order valence-corrected chi connectivity index (χ4v) is 2.62. The molecule has 1 aromatic carbocycles. The lowest BCUT2D eigenvalue weighted by molar-refractivity contribution is -0.116. The first-order valence-electron chi connectivity index (χ1n) is 8.11. The Morgan fingerprint density at radius 1 is 1.30 bits per heavy atom. The zero-order valence-corrected chi connectivity index (χ0v) is 14.9. The number of fused-ring (bicyclic) bond motifs is 1. The summed E-state index contributed by atoms with van der Waals surface area (Å²) in [6.45, 7) is -0.115. The summed E-state index contributed by atoms with van der Waals surface area (Å²) in [7, 11) is 3.01. The fraction of sp³-hybridized carbons (Fsp3) is 0.294. The van der Waals surface area contributed by atoms with Crippen LogP contribution in [0.5, 0.6) is 11.5 Å². The van der Waals surface area contributed by atoms with E-state index in [1.165, 1.54) is 36.0 Å². The topological polar surface area (TPSA) is 120 Å². The largest absolute Gasteiger partial charge is 0.497 e. The SMILES string of the molecule is COc1ccc(OC)c(NC(=O)Cn2cnc3c(cnn3CCO)c2=O)c1. The maximum Gasteiger partial charge on any atom is 0.264 e. The van der Waals surface area contributed by atoms with E-state index in [9.17, 15) is 9.59 Å². The Labute approximate surface area is 154 Å². The van der Waals surface area contributed by atoms with E-state index >= 15 is 0 Å². The van der Waals surface area contributed by atoms with Crippen molar-refractivity contribution in [2.45, 2.75) is 13.1 Å². The molecule has 0 aliphatic carbocycles. The van der Waals surface area contributed by atoms with Crippen LogP contribution < -0.4 is 20.3 Å². The third kappa shape index (κ3) is 3.75. The highest BCUT2D eigenvalue weighted by Crippen LogP contribution is 2.28. The van der Waals surface area contributed by atoms with Crippen LogP contribution in [0.4, 0.5) is 5.69 Å². The van der Waals surface area contributed by atoms with Crippen molar-refractivity contribution in [2.24, 2.45) is 0 Å². The molecule has 2 N–H and O–H groups in total. The number of methoxy groups -OCH3 is 2. The van der Waals surface area contributed by atoms with Crippen LogP contribution in [0.25, 0.3) is 11.0 Å². The van der Waals surface area contributed by atoms with E-state index in [0.29, 0.717) is 22.8 Å². The highest BCUT2D eigenvalue weighted by atomic mass is 16.5. The predicted octanol–water partition coefficient (Wildman–Crippen LogP) is 0.241. The number of amides is 1. The second-order valence-corrected chi connectivity index (χ2v) is 5.62. The lowest BCUT2D eigenvalue weighted by Crippen LogP contribution is -2.28. The number of carbonyl (C=O) groups excluding carboxylic acids is 1. The van der Waals surface area contributed by atoms with Gasteiger partial charge in [0.1, 0.15) is 29.8 Å². The highest BCUT2D eigenvalue weighted by Gasteiger charge is 2.14. The fourth-order valence-electron chi connectivity index (χ4n) is 2.62. The summed E-state index contributed by atoms with van der Waals surface area (Å²) in [5.41, 5.74) is 0.400. The van der Waals surface area contributed by atoms with Crippen LogP contribution in [-0.4, -0.2) is 51.2 Å². The second kappa shape index (κ2) is 7.87. The van der Waals surface area contributed by atoms with Gasteiger partial charge < -0.3 is 19.9 Å². The molecule has 0 unspecified atom stereocenters. The van der Waals surface area contributed by atoms with Crippen LogP contribution in [-0.2, 0) is 17.9 Å². The van der Waals surface area contributed by atoms with Gasteiger partial charge in [-0.15, -0.1) is 0 Å². The first-order chi connectivity index (χ1) is 13.1. The van der Waals surface area contributed by atoms with Gasteiger partial charge in [0.15, 0.2) is 5.65 Å². The lowest BCUT2D eigenvalue weighted by atomic mass is 10.2. The average molecular weight is 373 g/mol. The quantitative estimate of drug-likeness (QED) is 0.609. The van der Waals surface area contributed by atoms with Gasteiger partial charge in [0, 0.05) is 6.07 Å². The van der Waals surface area contributed by atoms with Crippen LogP contribution in [0.3, 0.4) is 0 Å². The van der Waals surface area contributed by atoms with E-state index in [2.05, 4.69) is 15.4 Å². The molecular weight excluding hydrogens is 354 g/mol. The zero-order chi connectivity index (χ0) is 19.4. The Balaban J connectivity index is 1.82. The number of hydrogen-bond donors (Lipinski definition) is 2. The second-order valence-electron chi connectivity index (χ2n) is 5.62. The molecule has 0 fully saturated rings. The van der Waals surface area contributed by atoms with Crippen molar-refractivity contribution in [3.05, 3.63) is 41.1 Å². The first-order valence-corrected chi connectivity index (χ1v) is 8.11. The van der Waals surface area contributed by atoms with Crippen molar-refractivity contribution < 1.29 is 19.4 Å². The smallest absolute Gasteiger partial charge is 0.264 e. The summed E-state index contributed by atoms with van der Waals surface area (Å²) in [6.07, 6.45) is 2.66. The molecule has 3 rings (SSSR count). The maximum absolute atomic E-state index is 12.5. The molecule has 0 aliphatic heterocycles. The van der Waals surface area contributed by atoms with Gasteiger partial charge in [0.2, 0.25) is 5.91 Å². The van der Waals surface area contributed by atoms with E-state index in [4.69, 9.17) is 14.6 Å². The molecule has 0 atom stereocenters. The van der Waals surface area contributed by atoms with Crippen molar-refractivity contribution in [1.29, 1.82) is 0 Å². The molecule has 0 radical (unpaired) electrons. The molecule has 2 heterocycles. The monoisotopic (exact) mass is 373 g/mol. The minimum absolute atomic E-state index is 0.119. The number of nitrogens with one attached hydrogen (secondary N) is 1. The van der Waals surface area contributed by atoms with Crippen LogP contribution in [0, 0.1) is 0 Å². The number of rotatable bonds is 7. The molecule has 0 saturated carbocycles. The molecule has 2 aromatic heterocycles. The standard InChI is InChI=1S/C17H19N5O5/c1-26-11-3-4-14(27-2)13(7-11)20-15(24)9-21-10-18-16-12(17(21)25)8-19-22(16)5-6-23/h3-4,7-8,10,23H,5-6,9H2,1-2H3,(H,20,24). The molecule has 142 valence electrons. The summed E-state index contributed by atoms with van der Waals surface area (Å²) >= 11 is 0. The normalized spacial score (nSPS) is 10.8. The van der Waals surface area contributed by atoms with Crippen molar-refractivity contribution in [3.8, 4) is 11.5 Å². The molecule has 0 spiro atoms. The third-order valence-electron chi connectivity index (χ3n) is 3.93. The molecule has 0 saturated heterocycles. The predicted molar refractivity (Wildman–Crippen MR) is 97.0 cm³/mol. The average Bonchev–Trinajstić information content (AvgIpc) is 3.08. The van der Waals surface area contributed by atoms with E-state index in [0.717, 1.165) is 0 Å². The molecule has 27 heavy (non-hydrogen) atoms. The molecule has 3 aromatic rings. The summed E-state index contributed by atoms with van der Waals surface area (Å²) in [6, 6.07) is 5.00. The van der Waals surface area contributed by atoms with Crippen molar-refractivity contribution >= 4 is 22.6 Å². The number of aromatic nitrogens is 4. The maximum atomic E-state index is 12.5. The molecule has 10 heteroatoms. The summed E-state index contributed by atoms with van der Waals surface area (Å²) in [5, 5.41) is 16.0. The van der Waals surface area contributed by atoms with Crippen molar-refractivity contribution in [2.75, 3.05) is 26.1 Å². The van der Waals surface area contributed by atoms with Crippen LogP contribution in [0.2, 0.25) is 0 Å². The van der Waals surface area contributed by atoms with Crippen molar-refractivity contribution in [3.63, 3.8) is 0 Å². The van der Waals surface area contributed by atoms with E-state index in [-0.39, 0.29) is 25.1 Å². The number of benzene rings is 1. The van der Waals surface area contributed by atoms with Crippen LogP contribution in [0.1, 0.15) is 0 Å². The number of anilines is 1. The van der Waals surface area contributed by atoms with Gasteiger partial charge in [-0.3, -0.25) is 14.2 Å². The molecule has 0 aliphatic rings. The van der Waals surface area contributed by atoms with Gasteiger partial charge in [-0.05, 0) is 12.1 Å². The zero-order valence-electron chi connectivity index (χ0n) is 14.9. The van der Waals surface area contributed by atoms with E-state index in [1.807, 2.05) is 0 Å². The summed E-state index contributed by atoms with van der Waals surface area (Å²) < 4.78 is 13.0. The van der Waals surface area contributed by atoms with Crippen molar-refractivity contribution in [1.82, 2.24) is 19.3 Å². The number of aliphatic hydroxyl groups is 1. The van der Waals surface area contributed by atoms with Gasteiger partial charge in [0.05, 0.1) is 39.3 Å². The Kier molecular flexibility index (Phi) is 5.36.